The van der Waals surface area contributed by atoms with Gasteiger partial charge in [-0.25, -0.2) is 13.6 Å². The number of benzene rings is 3. The van der Waals surface area contributed by atoms with E-state index in [2.05, 4.69) is 10.5 Å². The molecule has 0 aromatic heterocycles. The molecule has 0 saturated carbocycles. The van der Waals surface area contributed by atoms with Gasteiger partial charge in [0.05, 0.1) is 15.5 Å². The molecule has 3 aromatic rings. The zero-order valence-electron chi connectivity index (χ0n) is 14.3. The van der Waals surface area contributed by atoms with Crippen LogP contribution >= 0.6 is 0 Å². The number of nitrogens with zero attached hydrogens (tertiary/aromatic N) is 2. The molecule has 0 unspecified atom stereocenters. The van der Waals surface area contributed by atoms with Gasteiger partial charge in [-0.3, -0.25) is 15.5 Å². The van der Waals surface area contributed by atoms with E-state index >= 15 is 0 Å². The Morgan fingerprint density at radius 3 is 2.44 bits per heavy atom. The van der Waals surface area contributed by atoms with Crippen LogP contribution in [0.2, 0.25) is 0 Å². The average molecular weight is 384 g/mol. The number of hydrogen-bond donors (Lipinski definition) is 2. The van der Waals surface area contributed by atoms with E-state index in [1.54, 1.807) is 6.92 Å². The lowest BCUT2D eigenvalue weighted by Gasteiger charge is -2.07. The smallest absolute Gasteiger partial charge is 0.271 e. The molecule has 3 N–H and O–H groups in total. The maximum atomic E-state index is 11.4. The van der Waals surface area contributed by atoms with Gasteiger partial charge in [-0.05, 0) is 41.5 Å². The number of nitrogens with two attached hydrogens (primary N) is 1. The van der Waals surface area contributed by atoms with Gasteiger partial charge in [0.25, 0.3) is 5.69 Å². The third-order valence-corrected chi connectivity index (χ3v) is 4.92. The van der Waals surface area contributed by atoms with Gasteiger partial charge < -0.3 is 0 Å². The number of hydrazone groups is 1. The van der Waals surface area contributed by atoms with E-state index < -0.39 is 20.6 Å². The summed E-state index contributed by atoms with van der Waals surface area (Å²) in [5, 5.41) is 22.6. The third-order valence-electron chi connectivity index (χ3n) is 4.01. The van der Waals surface area contributed by atoms with Crippen LogP contribution in [0.1, 0.15) is 12.5 Å². The van der Waals surface area contributed by atoms with Crippen molar-refractivity contribution in [2.45, 2.75) is 11.8 Å². The molecule has 0 aliphatic rings. The van der Waals surface area contributed by atoms with E-state index in [9.17, 15) is 18.5 Å². The molecule has 0 heterocycles. The first kappa shape index (κ1) is 18.5. The summed E-state index contributed by atoms with van der Waals surface area (Å²) < 4.78 is 22.8. The highest BCUT2D eigenvalue weighted by atomic mass is 32.2. The van der Waals surface area contributed by atoms with Gasteiger partial charge in [0.2, 0.25) is 10.0 Å². The summed E-state index contributed by atoms with van der Waals surface area (Å²) in [5.41, 5.74) is 3.73. The zero-order chi connectivity index (χ0) is 19.6. The molecule has 0 spiro atoms. The van der Waals surface area contributed by atoms with Gasteiger partial charge in [-0.15, -0.1) is 0 Å². The molecule has 9 heteroatoms. The number of nitro groups is 1. The molecule has 3 rings (SSSR count). The molecule has 8 nitrogen and oxygen atoms in total. The van der Waals surface area contributed by atoms with Crippen LogP contribution in [0.4, 0.5) is 11.4 Å². The van der Waals surface area contributed by atoms with Crippen molar-refractivity contribution < 1.29 is 13.3 Å². The standard InChI is InChI=1S/C18H16N4O4S/c1-12(14-7-6-13-4-2-3-5-15(13)10-14)20-21-17-9-8-16(27(19,25)26)11-18(17)22(23)24/h2-11,21H,1H3,(H2,19,25,26). The third kappa shape index (κ3) is 4.10. The maximum absolute atomic E-state index is 11.4. The molecule has 3 aromatic carbocycles. The highest BCUT2D eigenvalue weighted by molar-refractivity contribution is 7.89. The van der Waals surface area contributed by atoms with Crippen molar-refractivity contribution in [1.82, 2.24) is 0 Å². The number of anilines is 1. The Bertz CT molecular complexity index is 1170. The van der Waals surface area contributed by atoms with Crippen LogP contribution in [0.3, 0.4) is 0 Å². The molecule has 0 bridgehead atoms. The fraction of sp³-hybridized carbons (Fsp3) is 0.0556. The van der Waals surface area contributed by atoms with E-state index in [0.717, 1.165) is 22.4 Å². The summed E-state index contributed by atoms with van der Waals surface area (Å²) in [4.78, 5) is 10.2. The van der Waals surface area contributed by atoms with Crippen molar-refractivity contribution in [2.75, 3.05) is 5.43 Å². The van der Waals surface area contributed by atoms with Crippen molar-refractivity contribution in [3.8, 4) is 0 Å². The highest BCUT2D eigenvalue weighted by Crippen LogP contribution is 2.27. The fourth-order valence-corrected chi connectivity index (χ4v) is 3.09. The number of sulfonamides is 1. The number of hydrogen-bond acceptors (Lipinski definition) is 6. The molecule has 27 heavy (non-hydrogen) atoms. The van der Waals surface area contributed by atoms with Crippen LogP contribution in [0.5, 0.6) is 0 Å². The quantitative estimate of drug-likeness (QED) is 0.396. The van der Waals surface area contributed by atoms with Crippen LogP contribution in [-0.4, -0.2) is 19.1 Å². The first-order chi connectivity index (χ1) is 12.8. The number of fused-ring (bicyclic) bond motifs is 1. The van der Waals surface area contributed by atoms with Gasteiger partial charge in [0, 0.05) is 6.07 Å². The van der Waals surface area contributed by atoms with E-state index in [1.165, 1.54) is 12.1 Å². The van der Waals surface area contributed by atoms with Crippen molar-refractivity contribution in [2.24, 2.45) is 10.2 Å². The van der Waals surface area contributed by atoms with E-state index in [4.69, 9.17) is 5.14 Å². The first-order valence-electron chi connectivity index (χ1n) is 7.86. The van der Waals surface area contributed by atoms with Gasteiger partial charge >= 0.3 is 0 Å². The minimum absolute atomic E-state index is 0.0625. The highest BCUT2D eigenvalue weighted by Gasteiger charge is 2.19. The maximum Gasteiger partial charge on any atom is 0.295 e. The fourth-order valence-electron chi connectivity index (χ4n) is 2.56. The van der Waals surface area contributed by atoms with E-state index in [1.807, 2.05) is 42.5 Å². The van der Waals surface area contributed by atoms with Crippen molar-refractivity contribution >= 4 is 37.9 Å². The van der Waals surface area contributed by atoms with E-state index in [0.29, 0.717) is 5.71 Å². The molecule has 0 radical (unpaired) electrons. The van der Waals surface area contributed by atoms with Crippen LogP contribution in [-0.2, 0) is 10.0 Å². The normalized spacial score (nSPS) is 12.1. The number of nitro benzene ring substituents is 1. The SMILES string of the molecule is CC(=NNc1ccc(S(N)(=O)=O)cc1[N+](=O)[O-])c1ccc2ccccc2c1. The Morgan fingerprint density at radius 1 is 1.07 bits per heavy atom. The molecular weight excluding hydrogens is 368 g/mol. The topological polar surface area (TPSA) is 128 Å². The molecule has 0 atom stereocenters. The summed E-state index contributed by atoms with van der Waals surface area (Å²) in [7, 11) is -4.04. The predicted molar refractivity (Wildman–Crippen MR) is 104 cm³/mol. The minimum atomic E-state index is -4.04. The van der Waals surface area contributed by atoms with Gasteiger partial charge in [0.1, 0.15) is 5.69 Å². The molecule has 0 aliphatic heterocycles. The summed E-state index contributed by atoms with van der Waals surface area (Å²) in [5.74, 6) is 0. The lowest BCUT2D eigenvalue weighted by molar-refractivity contribution is -0.384. The van der Waals surface area contributed by atoms with Gasteiger partial charge in [-0.1, -0.05) is 36.4 Å². The summed E-state index contributed by atoms with van der Waals surface area (Å²) in [6.07, 6.45) is 0. The first-order valence-corrected chi connectivity index (χ1v) is 9.41. The van der Waals surface area contributed by atoms with Crippen LogP contribution < -0.4 is 10.6 Å². The molecule has 0 saturated heterocycles. The van der Waals surface area contributed by atoms with Crippen LogP contribution in [0.25, 0.3) is 10.8 Å². The van der Waals surface area contributed by atoms with Crippen molar-refractivity contribution in [3.63, 3.8) is 0 Å². The lowest BCUT2D eigenvalue weighted by Crippen LogP contribution is -2.12. The summed E-state index contributed by atoms with van der Waals surface area (Å²) >= 11 is 0. The molecule has 0 amide bonds. The zero-order valence-corrected chi connectivity index (χ0v) is 15.1. The van der Waals surface area contributed by atoms with Gasteiger partial charge in [-0.2, -0.15) is 5.10 Å². The van der Waals surface area contributed by atoms with Crippen LogP contribution in [0.15, 0.2) is 70.7 Å². The molecule has 0 fully saturated rings. The minimum Gasteiger partial charge on any atom is -0.271 e. The number of primary sulfonamides is 1. The predicted octanol–water partition coefficient (Wildman–Crippen LogP) is 3.23. The number of rotatable bonds is 5. The second-order valence-electron chi connectivity index (χ2n) is 5.85. The van der Waals surface area contributed by atoms with Crippen LogP contribution in [0, 0.1) is 10.1 Å². The van der Waals surface area contributed by atoms with E-state index in [-0.39, 0.29) is 10.6 Å². The monoisotopic (exact) mass is 384 g/mol. The summed E-state index contributed by atoms with van der Waals surface area (Å²) in [6, 6.07) is 17.1. The lowest BCUT2D eigenvalue weighted by atomic mass is 10.0. The number of nitrogens with one attached hydrogen (secondary N) is 1. The van der Waals surface area contributed by atoms with Crippen molar-refractivity contribution in [1.29, 1.82) is 0 Å². The van der Waals surface area contributed by atoms with Gasteiger partial charge in [0.15, 0.2) is 0 Å². The molecule has 0 aliphatic carbocycles. The Morgan fingerprint density at radius 2 is 1.78 bits per heavy atom. The van der Waals surface area contributed by atoms with Crippen molar-refractivity contribution in [3.05, 3.63) is 76.3 Å². The Kier molecular flexibility index (Phi) is 4.89. The average Bonchev–Trinajstić information content (AvgIpc) is 2.64. The second kappa shape index (κ2) is 7.14. The largest absolute Gasteiger partial charge is 0.295 e. The Hall–Kier alpha value is -3.30. The Labute approximate surface area is 155 Å². The summed E-state index contributed by atoms with van der Waals surface area (Å²) in [6.45, 7) is 1.77. The second-order valence-corrected chi connectivity index (χ2v) is 7.41. The Balaban J connectivity index is 1.92. The molecular formula is C18H16N4O4S. The molecule has 138 valence electrons.